The lowest BCUT2D eigenvalue weighted by atomic mass is 9.79. The summed E-state index contributed by atoms with van der Waals surface area (Å²) < 4.78 is 0. The molecule has 0 aliphatic carbocycles. The summed E-state index contributed by atoms with van der Waals surface area (Å²) in [5, 5.41) is 4.75. The van der Waals surface area contributed by atoms with Crippen molar-refractivity contribution in [1.29, 1.82) is 0 Å². The fourth-order valence-corrected chi connectivity index (χ4v) is 5.03. The number of nitrogens with zero attached hydrogens (tertiary/aromatic N) is 4. The van der Waals surface area contributed by atoms with Crippen LogP contribution < -0.4 is 10.3 Å². The number of carbonyl (C=O) groups excluding carboxylic acids is 1. The van der Waals surface area contributed by atoms with Crippen LogP contribution >= 0.6 is 11.8 Å². The molecule has 1 aromatic heterocycles. The van der Waals surface area contributed by atoms with E-state index in [1.54, 1.807) is 6.21 Å². The largest absolute Gasteiger partial charge is 0.366 e. The summed E-state index contributed by atoms with van der Waals surface area (Å²) in [6.45, 7) is 13.9. The highest BCUT2D eigenvalue weighted by Crippen LogP contribution is 2.43. The van der Waals surface area contributed by atoms with Crippen molar-refractivity contribution in [2.24, 2.45) is 5.10 Å². The van der Waals surface area contributed by atoms with Gasteiger partial charge in [-0.3, -0.25) is 4.79 Å². The van der Waals surface area contributed by atoms with E-state index in [9.17, 15) is 4.79 Å². The Hall–Kier alpha value is -2.41. The van der Waals surface area contributed by atoms with E-state index in [0.717, 1.165) is 29.9 Å². The highest BCUT2D eigenvalue weighted by molar-refractivity contribution is 7.99. The van der Waals surface area contributed by atoms with Crippen molar-refractivity contribution in [3.8, 4) is 0 Å². The van der Waals surface area contributed by atoms with Crippen LogP contribution in [-0.4, -0.2) is 39.9 Å². The van der Waals surface area contributed by atoms with Crippen LogP contribution in [0.3, 0.4) is 0 Å². The molecule has 1 aliphatic heterocycles. The molecular weight excluding hydrogens is 394 g/mol. The maximum Gasteiger partial charge on any atom is 0.250 e. The average molecular weight is 426 g/mol. The van der Waals surface area contributed by atoms with E-state index in [0.29, 0.717) is 11.1 Å². The zero-order valence-electron chi connectivity index (χ0n) is 18.7. The summed E-state index contributed by atoms with van der Waals surface area (Å²) in [5.41, 5.74) is 8.18. The number of hydrogen-bond donors (Lipinski definition) is 1. The summed E-state index contributed by atoms with van der Waals surface area (Å²) in [4.78, 5) is 23.2. The second kappa shape index (κ2) is 9.16. The minimum Gasteiger partial charge on any atom is -0.366 e. The molecule has 1 aromatic carbocycles. The number of amides is 1. The SMILES string of the molecule is CCN1c2ccc(/C=N\NC(=O)CSc3nc(C)cc(C)n3)cc2C(C)CC1(C)C. The van der Waals surface area contributed by atoms with E-state index < -0.39 is 0 Å². The topological polar surface area (TPSA) is 70.5 Å². The lowest BCUT2D eigenvalue weighted by Crippen LogP contribution is -2.48. The van der Waals surface area contributed by atoms with Gasteiger partial charge in [0.2, 0.25) is 0 Å². The molecule has 0 radical (unpaired) electrons. The summed E-state index contributed by atoms with van der Waals surface area (Å²) in [7, 11) is 0. The normalized spacial score (nSPS) is 17.8. The summed E-state index contributed by atoms with van der Waals surface area (Å²) in [5.74, 6) is 0.529. The van der Waals surface area contributed by atoms with Crippen molar-refractivity contribution < 1.29 is 4.79 Å². The molecule has 2 heterocycles. The third kappa shape index (κ3) is 5.19. The van der Waals surface area contributed by atoms with Gasteiger partial charge in [-0.15, -0.1) is 0 Å². The standard InChI is InChI=1S/C23H31N5OS/c1-7-28-20-9-8-18(11-19(20)15(2)12-23(28,5)6)13-24-27-21(29)14-30-22-25-16(3)10-17(4)26-22/h8-11,13,15H,7,12,14H2,1-6H3,(H,27,29)/b24-13-. The van der Waals surface area contributed by atoms with Crippen molar-refractivity contribution in [2.75, 3.05) is 17.2 Å². The summed E-state index contributed by atoms with van der Waals surface area (Å²) in [6.07, 6.45) is 2.82. The van der Waals surface area contributed by atoms with E-state index in [4.69, 9.17) is 0 Å². The first kappa shape index (κ1) is 22.3. The molecule has 0 saturated carbocycles. The van der Waals surface area contributed by atoms with E-state index >= 15 is 0 Å². The van der Waals surface area contributed by atoms with Crippen LogP contribution in [0.4, 0.5) is 5.69 Å². The molecule has 6 nitrogen and oxygen atoms in total. The molecule has 2 aromatic rings. The van der Waals surface area contributed by atoms with Gasteiger partial charge in [0.15, 0.2) is 5.16 Å². The Morgan fingerprint density at radius 1 is 1.30 bits per heavy atom. The maximum atomic E-state index is 12.1. The zero-order valence-corrected chi connectivity index (χ0v) is 19.5. The lowest BCUT2D eigenvalue weighted by Gasteiger charge is -2.47. The van der Waals surface area contributed by atoms with Crippen LogP contribution in [0.15, 0.2) is 34.5 Å². The Balaban J connectivity index is 1.61. The molecule has 7 heteroatoms. The number of thioether (sulfide) groups is 1. The summed E-state index contributed by atoms with van der Waals surface area (Å²) in [6, 6.07) is 8.33. The first-order chi connectivity index (χ1) is 14.2. The van der Waals surface area contributed by atoms with Crippen molar-refractivity contribution in [3.63, 3.8) is 0 Å². The van der Waals surface area contributed by atoms with Crippen LogP contribution in [0.25, 0.3) is 0 Å². The third-order valence-electron chi connectivity index (χ3n) is 5.42. The van der Waals surface area contributed by atoms with Gasteiger partial charge in [-0.25, -0.2) is 15.4 Å². The van der Waals surface area contributed by atoms with Gasteiger partial charge in [0.05, 0.1) is 12.0 Å². The van der Waals surface area contributed by atoms with Gasteiger partial charge in [-0.05, 0) is 76.3 Å². The Kier molecular flexibility index (Phi) is 6.81. The van der Waals surface area contributed by atoms with Crippen molar-refractivity contribution in [3.05, 3.63) is 46.8 Å². The van der Waals surface area contributed by atoms with E-state index in [1.165, 1.54) is 23.0 Å². The molecule has 0 fully saturated rings. The molecular formula is C23H31N5OS. The molecule has 1 aliphatic rings. The van der Waals surface area contributed by atoms with Gasteiger partial charge >= 0.3 is 0 Å². The fraction of sp³-hybridized carbons (Fsp3) is 0.478. The fourth-order valence-electron chi connectivity index (χ4n) is 4.29. The minimum absolute atomic E-state index is 0.155. The summed E-state index contributed by atoms with van der Waals surface area (Å²) >= 11 is 1.31. The zero-order chi connectivity index (χ0) is 21.9. The Morgan fingerprint density at radius 2 is 2.00 bits per heavy atom. The number of fused-ring (bicyclic) bond motifs is 1. The molecule has 3 rings (SSSR count). The predicted octanol–water partition coefficient (Wildman–Crippen LogP) is 4.45. The number of anilines is 1. The maximum absolute atomic E-state index is 12.1. The Bertz CT molecular complexity index is 936. The number of aromatic nitrogens is 2. The third-order valence-corrected chi connectivity index (χ3v) is 6.27. The number of rotatable bonds is 6. The van der Waals surface area contributed by atoms with Gasteiger partial charge in [0.25, 0.3) is 5.91 Å². The molecule has 0 saturated heterocycles. The molecule has 1 N–H and O–H groups in total. The van der Waals surface area contributed by atoms with Gasteiger partial charge in [0, 0.05) is 29.2 Å². The van der Waals surface area contributed by atoms with Gasteiger partial charge in [0.1, 0.15) is 0 Å². The molecule has 1 amide bonds. The number of hydrogen-bond acceptors (Lipinski definition) is 6. The highest BCUT2D eigenvalue weighted by atomic mass is 32.2. The molecule has 160 valence electrons. The monoisotopic (exact) mass is 425 g/mol. The van der Waals surface area contributed by atoms with Crippen molar-refractivity contribution in [2.45, 2.75) is 64.6 Å². The minimum atomic E-state index is -0.177. The van der Waals surface area contributed by atoms with Gasteiger partial charge in [-0.1, -0.05) is 24.8 Å². The second-order valence-corrected chi connectivity index (χ2v) is 9.44. The highest BCUT2D eigenvalue weighted by Gasteiger charge is 2.35. The number of aryl methyl sites for hydroxylation is 2. The Morgan fingerprint density at radius 3 is 2.67 bits per heavy atom. The van der Waals surface area contributed by atoms with Crippen LogP contribution in [0.5, 0.6) is 0 Å². The lowest BCUT2D eigenvalue weighted by molar-refractivity contribution is -0.118. The number of benzene rings is 1. The second-order valence-electron chi connectivity index (χ2n) is 8.50. The smallest absolute Gasteiger partial charge is 0.250 e. The molecule has 1 unspecified atom stereocenters. The molecule has 30 heavy (non-hydrogen) atoms. The number of hydrazone groups is 1. The molecule has 0 spiro atoms. The van der Waals surface area contributed by atoms with Gasteiger partial charge < -0.3 is 4.90 Å². The first-order valence-corrected chi connectivity index (χ1v) is 11.4. The van der Waals surface area contributed by atoms with Crippen LogP contribution in [0, 0.1) is 13.8 Å². The molecule has 1 atom stereocenters. The molecule has 0 bridgehead atoms. The first-order valence-electron chi connectivity index (χ1n) is 10.4. The van der Waals surface area contributed by atoms with Crippen LogP contribution in [0.1, 0.15) is 62.5 Å². The quantitative estimate of drug-likeness (QED) is 0.320. The number of nitrogens with one attached hydrogen (secondary N) is 1. The van der Waals surface area contributed by atoms with E-state index in [-0.39, 0.29) is 17.2 Å². The number of carbonyl (C=O) groups is 1. The van der Waals surface area contributed by atoms with Crippen molar-refractivity contribution >= 4 is 29.6 Å². The van der Waals surface area contributed by atoms with Crippen LogP contribution in [0.2, 0.25) is 0 Å². The Labute approximate surface area is 183 Å². The van der Waals surface area contributed by atoms with Crippen LogP contribution in [-0.2, 0) is 4.79 Å². The van der Waals surface area contributed by atoms with E-state index in [2.05, 4.69) is 71.3 Å². The predicted molar refractivity (Wildman–Crippen MR) is 125 cm³/mol. The van der Waals surface area contributed by atoms with Gasteiger partial charge in [-0.2, -0.15) is 5.10 Å². The van der Waals surface area contributed by atoms with Crippen molar-refractivity contribution in [1.82, 2.24) is 15.4 Å². The average Bonchev–Trinajstić information content (AvgIpc) is 2.65. The van der Waals surface area contributed by atoms with E-state index in [1.807, 2.05) is 19.9 Å².